The van der Waals surface area contributed by atoms with Gasteiger partial charge in [-0.15, -0.1) is 0 Å². The Bertz CT molecular complexity index is 532. The van der Waals surface area contributed by atoms with Gasteiger partial charge in [0.1, 0.15) is 0 Å². The summed E-state index contributed by atoms with van der Waals surface area (Å²) in [6.45, 7) is 8.00. The van der Waals surface area contributed by atoms with Gasteiger partial charge >= 0.3 is 0 Å². The zero-order chi connectivity index (χ0) is 15.4. The summed E-state index contributed by atoms with van der Waals surface area (Å²) in [4.78, 5) is 23.8. The van der Waals surface area contributed by atoms with E-state index < -0.39 is 0 Å². The Morgan fingerprint density at radius 1 is 1.29 bits per heavy atom. The predicted molar refractivity (Wildman–Crippen MR) is 83.0 cm³/mol. The Kier molecular flexibility index (Phi) is 4.99. The van der Waals surface area contributed by atoms with Crippen LogP contribution in [0.5, 0.6) is 0 Å². The van der Waals surface area contributed by atoms with Crippen molar-refractivity contribution < 1.29 is 9.59 Å². The number of nitrogens with zero attached hydrogens (tertiary/aromatic N) is 1. The molecular weight excluding hydrogens is 264 g/mol. The molecule has 2 rings (SSSR count). The Morgan fingerprint density at radius 2 is 1.90 bits per heavy atom. The first-order chi connectivity index (χ1) is 10.0. The lowest BCUT2D eigenvalue weighted by Gasteiger charge is -2.31. The zero-order valence-corrected chi connectivity index (χ0v) is 13.1. The number of piperidine rings is 1. The van der Waals surface area contributed by atoms with Gasteiger partial charge in [0.05, 0.1) is 0 Å². The summed E-state index contributed by atoms with van der Waals surface area (Å²) in [5.74, 6) is 0.471. The second-order valence-electron chi connectivity index (χ2n) is 5.96. The van der Waals surface area contributed by atoms with Crippen molar-refractivity contribution in [3.05, 3.63) is 34.4 Å². The molecule has 0 bridgehead atoms. The fraction of sp³-hybridized carbons (Fsp3) is 0.529. The van der Waals surface area contributed by atoms with Gasteiger partial charge in [-0.25, -0.2) is 0 Å². The molecule has 21 heavy (non-hydrogen) atoms. The minimum atomic E-state index is -0.00467. The van der Waals surface area contributed by atoms with E-state index in [4.69, 9.17) is 0 Å². The van der Waals surface area contributed by atoms with Crippen LogP contribution in [-0.4, -0.2) is 30.3 Å². The summed E-state index contributed by atoms with van der Waals surface area (Å²) in [5.41, 5.74) is 5.08. The third-order valence-corrected chi connectivity index (χ3v) is 4.40. The van der Waals surface area contributed by atoms with Crippen LogP contribution in [0.4, 0.5) is 0 Å². The van der Waals surface area contributed by atoms with Gasteiger partial charge in [-0.3, -0.25) is 9.59 Å². The normalized spacial score (nSPS) is 15.9. The molecule has 114 valence electrons. The van der Waals surface area contributed by atoms with E-state index >= 15 is 0 Å². The Balaban J connectivity index is 2.22. The standard InChI is InChI=1S/C17H24N2O2/c1-12-8-16(10-18-14(3)21)17(9-13(12)2)15-4-6-19(11-20)7-5-15/h8-9,11,15H,4-7,10H2,1-3H3,(H,18,21). The number of amides is 2. The fourth-order valence-electron chi connectivity index (χ4n) is 2.97. The quantitative estimate of drug-likeness (QED) is 0.864. The molecule has 1 saturated heterocycles. The Labute approximate surface area is 126 Å². The summed E-state index contributed by atoms with van der Waals surface area (Å²) in [6.07, 6.45) is 2.93. The Hall–Kier alpha value is -1.84. The number of benzene rings is 1. The van der Waals surface area contributed by atoms with E-state index in [1.54, 1.807) is 6.92 Å². The molecule has 1 fully saturated rings. The van der Waals surface area contributed by atoms with Crippen LogP contribution in [-0.2, 0) is 16.1 Å². The van der Waals surface area contributed by atoms with E-state index in [2.05, 4.69) is 31.3 Å². The summed E-state index contributed by atoms with van der Waals surface area (Å²) >= 11 is 0. The van der Waals surface area contributed by atoms with Gasteiger partial charge in [0.15, 0.2) is 0 Å². The molecular formula is C17H24N2O2. The lowest BCUT2D eigenvalue weighted by molar-refractivity contribution is -0.120. The van der Waals surface area contributed by atoms with Crippen LogP contribution in [0.2, 0.25) is 0 Å². The van der Waals surface area contributed by atoms with Crippen LogP contribution in [0.15, 0.2) is 12.1 Å². The molecule has 0 aromatic heterocycles. The lowest BCUT2D eigenvalue weighted by atomic mass is 9.84. The molecule has 0 saturated carbocycles. The van der Waals surface area contributed by atoms with Crippen molar-refractivity contribution in [3.8, 4) is 0 Å². The highest BCUT2D eigenvalue weighted by atomic mass is 16.1. The Morgan fingerprint density at radius 3 is 2.48 bits per heavy atom. The molecule has 1 N–H and O–H groups in total. The fourth-order valence-corrected chi connectivity index (χ4v) is 2.97. The summed E-state index contributed by atoms with van der Waals surface area (Å²) < 4.78 is 0. The number of likely N-dealkylation sites (tertiary alicyclic amines) is 1. The molecule has 1 aromatic rings. The topological polar surface area (TPSA) is 49.4 Å². The van der Waals surface area contributed by atoms with Crippen LogP contribution < -0.4 is 5.32 Å². The maximum Gasteiger partial charge on any atom is 0.217 e. The smallest absolute Gasteiger partial charge is 0.217 e. The minimum absolute atomic E-state index is 0.00467. The van der Waals surface area contributed by atoms with E-state index in [0.29, 0.717) is 12.5 Å². The van der Waals surface area contributed by atoms with Gasteiger partial charge in [0, 0.05) is 26.6 Å². The first-order valence-electron chi connectivity index (χ1n) is 7.55. The number of nitrogens with one attached hydrogen (secondary N) is 1. The number of carbonyl (C=O) groups excluding carboxylic acids is 2. The predicted octanol–water partition coefficient (Wildman–Crippen LogP) is 2.28. The van der Waals surface area contributed by atoms with E-state index in [9.17, 15) is 9.59 Å². The molecule has 0 aliphatic carbocycles. The average molecular weight is 288 g/mol. The van der Waals surface area contributed by atoms with Gasteiger partial charge in [-0.2, -0.15) is 0 Å². The number of hydrogen-bond donors (Lipinski definition) is 1. The molecule has 1 heterocycles. The van der Waals surface area contributed by atoms with Crippen molar-refractivity contribution in [1.29, 1.82) is 0 Å². The number of aryl methyl sites for hydroxylation is 2. The molecule has 2 amide bonds. The SMILES string of the molecule is CC(=O)NCc1cc(C)c(C)cc1C1CCN(C=O)CC1. The van der Waals surface area contributed by atoms with Crippen molar-refractivity contribution in [3.63, 3.8) is 0 Å². The van der Waals surface area contributed by atoms with Crippen LogP contribution in [0.3, 0.4) is 0 Å². The molecule has 0 atom stereocenters. The average Bonchev–Trinajstić information content (AvgIpc) is 2.48. The van der Waals surface area contributed by atoms with E-state index in [-0.39, 0.29) is 5.91 Å². The largest absolute Gasteiger partial charge is 0.352 e. The summed E-state index contributed by atoms with van der Waals surface area (Å²) in [7, 11) is 0. The highest BCUT2D eigenvalue weighted by Gasteiger charge is 2.22. The van der Waals surface area contributed by atoms with Crippen molar-refractivity contribution in [2.75, 3.05) is 13.1 Å². The first-order valence-corrected chi connectivity index (χ1v) is 7.55. The van der Waals surface area contributed by atoms with Crippen LogP contribution >= 0.6 is 0 Å². The van der Waals surface area contributed by atoms with Gasteiger partial charge in [-0.05, 0) is 54.9 Å². The monoisotopic (exact) mass is 288 g/mol. The van der Waals surface area contributed by atoms with Gasteiger partial charge in [0.2, 0.25) is 12.3 Å². The summed E-state index contributed by atoms with van der Waals surface area (Å²) in [5, 5.41) is 2.90. The van der Waals surface area contributed by atoms with Crippen molar-refractivity contribution in [1.82, 2.24) is 10.2 Å². The molecule has 1 aliphatic rings. The highest BCUT2D eigenvalue weighted by molar-refractivity contribution is 5.72. The molecule has 0 unspecified atom stereocenters. The van der Waals surface area contributed by atoms with Crippen molar-refractivity contribution in [2.24, 2.45) is 0 Å². The molecule has 4 heteroatoms. The third kappa shape index (κ3) is 3.84. The second kappa shape index (κ2) is 6.74. The van der Waals surface area contributed by atoms with Crippen molar-refractivity contribution >= 4 is 12.3 Å². The highest BCUT2D eigenvalue weighted by Crippen LogP contribution is 2.31. The lowest BCUT2D eigenvalue weighted by Crippen LogP contribution is -2.32. The molecule has 4 nitrogen and oxygen atoms in total. The summed E-state index contributed by atoms with van der Waals surface area (Å²) in [6, 6.07) is 4.44. The van der Waals surface area contributed by atoms with Crippen molar-refractivity contribution in [2.45, 2.75) is 46.1 Å². The van der Waals surface area contributed by atoms with Gasteiger partial charge < -0.3 is 10.2 Å². The number of rotatable bonds is 4. The van der Waals surface area contributed by atoms with Crippen LogP contribution in [0.1, 0.15) is 47.9 Å². The van der Waals surface area contributed by atoms with E-state index in [1.807, 2.05) is 4.90 Å². The van der Waals surface area contributed by atoms with E-state index in [0.717, 1.165) is 32.3 Å². The number of hydrogen-bond acceptors (Lipinski definition) is 2. The molecule has 0 radical (unpaired) electrons. The van der Waals surface area contributed by atoms with Gasteiger partial charge in [0.25, 0.3) is 0 Å². The van der Waals surface area contributed by atoms with E-state index in [1.165, 1.54) is 22.3 Å². The molecule has 1 aromatic carbocycles. The molecule has 1 aliphatic heterocycles. The van der Waals surface area contributed by atoms with Gasteiger partial charge in [-0.1, -0.05) is 12.1 Å². The first kappa shape index (κ1) is 15.5. The zero-order valence-electron chi connectivity index (χ0n) is 13.1. The second-order valence-corrected chi connectivity index (χ2v) is 5.96. The van der Waals surface area contributed by atoms with Crippen LogP contribution in [0.25, 0.3) is 0 Å². The maximum absolute atomic E-state index is 11.2. The minimum Gasteiger partial charge on any atom is -0.352 e. The third-order valence-electron chi connectivity index (χ3n) is 4.40. The maximum atomic E-state index is 11.2. The molecule has 0 spiro atoms. The van der Waals surface area contributed by atoms with Crippen LogP contribution in [0, 0.1) is 13.8 Å². The number of carbonyl (C=O) groups is 2.